The van der Waals surface area contributed by atoms with Gasteiger partial charge in [0.1, 0.15) is 6.09 Å². The fourth-order valence-electron chi connectivity index (χ4n) is 3.28. The van der Waals surface area contributed by atoms with Crippen molar-refractivity contribution in [2.24, 2.45) is 0 Å². The predicted molar refractivity (Wildman–Crippen MR) is 129 cm³/mol. The molecular weight excluding hydrogens is 498 g/mol. The molecule has 12 nitrogen and oxygen atoms in total. The highest BCUT2D eigenvalue weighted by Gasteiger charge is 2.23. The summed E-state index contributed by atoms with van der Waals surface area (Å²) in [4.78, 5) is 42.3. The molecule has 1 aliphatic heterocycles. The third-order valence-corrected chi connectivity index (χ3v) is 4.84. The number of hydrogen-bond acceptors (Lipinski definition) is 10. The molecule has 0 bridgehead atoms. The molecule has 0 saturated carbocycles. The second-order valence-corrected chi connectivity index (χ2v) is 7.51. The summed E-state index contributed by atoms with van der Waals surface area (Å²) in [6, 6.07) is 11.8. The van der Waals surface area contributed by atoms with Gasteiger partial charge in [0.15, 0.2) is 11.5 Å². The number of benzene rings is 2. The lowest BCUT2D eigenvalue weighted by atomic mass is 10.0. The van der Waals surface area contributed by atoms with Crippen LogP contribution in [0.4, 0.5) is 10.5 Å². The van der Waals surface area contributed by atoms with E-state index in [2.05, 4.69) is 10.7 Å². The lowest BCUT2D eigenvalue weighted by molar-refractivity contribution is -0.301. The Bertz CT molecular complexity index is 1180. The first-order valence-electron chi connectivity index (χ1n) is 11.5. The average Bonchev–Trinajstić information content (AvgIpc) is 2.89. The Morgan fingerprint density at radius 3 is 2.11 bits per heavy atom. The highest BCUT2D eigenvalue weighted by atomic mass is 16.5. The van der Waals surface area contributed by atoms with Gasteiger partial charge in [-0.15, -0.1) is 0 Å². The molecule has 2 amide bonds. The number of carboxylic acids is 2. The summed E-state index contributed by atoms with van der Waals surface area (Å²) in [5.41, 5.74) is 4.94. The molecule has 2 N–H and O–H groups in total. The lowest BCUT2D eigenvalue weighted by Gasteiger charge is -2.30. The molecule has 0 fully saturated rings. The van der Waals surface area contributed by atoms with E-state index in [1.165, 1.54) is 17.1 Å². The van der Waals surface area contributed by atoms with Gasteiger partial charge in [-0.3, -0.25) is 4.79 Å². The van der Waals surface area contributed by atoms with Crippen molar-refractivity contribution in [3.05, 3.63) is 78.0 Å². The number of nitrogens with one attached hydrogen (secondary N) is 2. The van der Waals surface area contributed by atoms with E-state index in [9.17, 15) is 34.5 Å². The summed E-state index contributed by atoms with van der Waals surface area (Å²) in [5, 5.41) is 33.0. The summed E-state index contributed by atoms with van der Waals surface area (Å²) >= 11 is 0. The molecule has 0 aliphatic carbocycles. The van der Waals surface area contributed by atoms with Gasteiger partial charge in [0.25, 0.3) is 5.91 Å². The Morgan fingerprint density at radius 2 is 1.55 bits per heavy atom. The molecule has 1 heterocycles. The molecule has 1 aliphatic rings. The van der Waals surface area contributed by atoms with Crippen LogP contribution in [0.15, 0.2) is 66.9 Å². The fraction of sp³-hybridized carbons (Fsp3) is 0.231. The Labute approximate surface area is 218 Å². The van der Waals surface area contributed by atoms with Gasteiger partial charge in [-0.1, -0.05) is 12.1 Å². The summed E-state index contributed by atoms with van der Waals surface area (Å²) in [6.45, 7) is 4.90. The molecule has 38 heavy (non-hydrogen) atoms. The number of nitrogens with zero attached hydrogens (tertiary/aromatic N) is 1. The number of hydrogen-bond donors (Lipinski definition) is 2. The summed E-state index contributed by atoms with van der Waals surface area (Å²) in [6.07, 6.45) is 3.67. The maximum Gasteiger partial charge on any atom is 0.272 e. The van der Waals surface area contributed by atoms with Gasteiger partial charge < -0.3 is 44.5 Å². The molecule has 1 unspecified atom stereocenters. The minimum Gasteiger partial charge on any atom is -0.545 e. The largest absolute Gasteiger partial charge is 0.545 e. The van der Waals surface area contributed by atoms with E-state index in [0.717, 1.165) is 5.56 Å². The number of ether oxygens (including phenoxy) is 2. The van der Waals surface area contributed by atoms with Crippen molar-refractivity contribution in [2.75, 3.05) is 18.5 Å². The first-order valence-corrected chi connectivity index (χ1v) is 11.5. The topological polar surface area (TPSA) is 183 Å². The van der Waals surface area contributed by atoms with Gasteiger partial charge in [0.2, 0.25) is 0 Å². The van der Waals surface area contributed by atoms with Crippen molar-refractivity contribution in [2.45, 2.75) is 26.3 Å². The van der Waals surface area contributed by atoms with Gasteiger partial charge in [-0.25, -0.2) is 10.4 Å². The standard InChI is InChI=1S/C22H25N3O5.C4H4O4/c1-3-29-19-12-9-16(14-20(19)30-4-2)18-6-5-13-25(24-18)21(26)15-7-10-17(11-8-15)23-22(27)28;5-3(6)1-2-4(7)8/h5,7-14,18,23-24H,3-4,6H2,1-2H3,(H,27,28);1-2H,(H,5,6)(H,7,8)/p-3/b;2-1+. The Hall–Kier alpha value is -4.84. The van der Waals surface area contributed by atoms with E-state index in [1.54, 1.807) is 18.3 Å². The zero-order valence-corrected chi connectivity index (χ0v) is 20.7. The molecular formula is C26H26N3O9-3. The van der Waals surface area contributed by atoms with Crippen molar-refractivity contribution in [3.63, 3.8) is 0 Å². The zero-order valence-electron chi connectivity index (χ0n) is 20.7. The molecule has 2 aromatic rings. The number of carbonyl (C=O) groups is 4. The third-order valence-electron chi connectivity index (χ3n) is 4.84. The molecule has 12 heteroatoms. The number of hydrazine groups is 1. The van der Waals surface area contributed by atoms with Crippen LogP contribution in [0, 0.1) is 0 Å². The quantitative estimate of drug-likeness (QED) is 0.420. The van der Waals surface area contributed by atoms with E-state index in [0.29, 0.717) is 54.5 Å². The normalized spacial score (nSPS) is 14.3. The van der Waals surface area contributed by atoms with E-state index in [-0.39, 0.29) is 11.9 Å². The molecule has 202 valence electrons. The maximum atomic E-state index is 12.8. The predicted octanol–water partition coefficient (Wildman–Crippen LogP) is -0.113. The van der Waals surface area contributed by atoms with Crippen LogP contribution >= 0.6 is 0 Å². The summed E-state index contributed by atoms with van der Waals surface area (Å²) < 4.78 is 11.3. The number of carboxylic acid groups (broad SMARTS) is 3. The number of aliphatic carboxylic acids is 2. The SMILES string of the molecule is CCOc1ccc(C2CC=CN(C(=O)c3ccc(NC(=O)[O-])cc3)N2)cc1OCC.O=C([O-])/C=C/C(=O)[O-]. The molecule has 0 aromatic heterocycles. The first kappa shape index (κ1) is 29.4. The van der Waals surface area contributed by atoms with Crippen LogP contribution < -0.4 is 35.5 Å². The highest BCUT2D eigenvalue weighted by molar-refractivity contribution is 5.95. The highest BCUT2D eigenvalue weighted by Crippen LogP contribution is 2.32. The van der Waals surface area contributed by atoms with E-state index in [4.69, 9.17) is 9.47 Å². The smallest absolute Gasteiger partial charge is 0.272 e. The minimum atomic E-state index is -1.55. The van der Waals surface area contributed by atoms with Crippen molar-refractivity contribution < 1.29 is 44.0 Å². The van der Waals surface area contributed by atoms with Crippen molar-refractivity contribution in [1.29, 1.82) is 0 Å². The first-order chi connectivity index (χ1) is 18.1. The van der Waals surface area contributed by atoms with Crippen molar-refractivity contribution >= 4 is 29.6 Å². The van der Waals surface area contributed by atoms with Gasteiger partial charge in [0.05, 0.1) is 31.2 Å². The Morgan fingerprint density at radius 1 is 0.947 bits per heavy atom. The van der Waals surface area contributed by atoms with Crippen molar-refractivity contribution in [3.8, 4) is 11.5 Å². The van der Waals surface area contributed by atoms with Crippen LogP contribution in [0.3, 0.4) is 0 Å². The number of anilines is 1. The molecule has 0 radical (unpaired) electrons. The third kappa shape index (κ3) is 9.32. The van der Waals surface area contributed by atoms with Gasteiger partial charge in [0, 0.05) is 17.5 Å². The molecule has 2 aromatic carbocycles. The fourth-order valence-corrected chi connectivity index (χ4v) is 3.28. The second-order valence-electron chi connectivity index (χ2n) is 7.51. The van der Waals surface area contributed by atoms with Crippen LogP contribution in [-0.2, 0) is 9.59 Å². The maximum absolute atomic E-state index is 12.8. The van der Waals surface area contributed by atoms with E-state index in [1.807, 2.05) is 38.1 Å². The van der Waals surface area contributed by atoms with Crippen LogP contribution in [0.25, 0.3) is 0 Å². The monoisotopic (exact) mass is 524 g/mol. The van der Waals surface area contributed by atoms with Gasteiger partial charge >= 0.3 is 0 Å². The Balaban J connectivity index is 0.000000550. The second kappa shape index (κ2) is 14.7. The summed E-state index contributed by atoms with van der Waals surface area (Å²) in [5.74, 6) is -2.00. The van der Waals surface area contributed by atoms with Crippen LogP contribution in [0.2, 0.25) is 0 Å². The number of rotatable bonds is 9. The lowest BCUT2D eigenvalue weighted by Crippen LogP contribution is -2.43. The van der Waals surface area contributed by atoms with Crippen LogP contribution in [0.1, 0.15) is 42.2 Å². The Kier molecular flexibility index (Phi) is 11.3. The zero-order chi connectivity index (χ0) is 28.1. The van der Waals surface area contributed by atoms with E-state index < -0.39 is 18.0 Å². The van der Waals surface area contributed by atoms with E-state index >= 15 is 0 Å². The minimum absolute atomic E-state index is 0.118. The van der Waals surface area contributed by atoms with Crippen molar-refractivity contribution in [1.82, 2.24) is 10.4 Å². The van der Waals surface area contributed by atoms with Crippen LogP contribution in [0.5, 0.6) is 11.5 Å². The number of amides is 2. The molecule has 3 rings (SSSR count). The summed E-state index contributed by atoms with van der Waals surface area (Å²) in [7, 11) is 0. The van der Waals surface area contributed by atoms with Gasteiger partial charge in [-0.2, -0.15) is 0 Å². The molecule has 1 atom stereocenters. The number of carbonyl (C=O) groups excluding carboxylic acids is 4. The van der Waals surface area contributed by atoms with Gasteiger partial charge in [-0.05, 0) is 74.4 Å². The average molecular weight is 525 g/mol. The molecule has 0 spiro atoms. The van der Waals surface area contributed by atoms with Crippen LogP contribution in [-0.4, -0.2) is 42.2 Å². The molecule has 0 saturated heterocycles.